The molecule has 1 N–H and O–H groups in total. The van der Waals surface area contributed by atoms with Crippen molar-refractivity contribution in [3.8, 4) is 0 Å². The van der Waals surface area contributed by atoms with Crippen LogP contribution in [-0.4, -0.2) is 42.4 Å². The molecule has 0 aliphatic heterocycles. The average molecular weight is 205 g/mol. The van der Waals surface area contributed by atoms with Crippen molar-refractivity contribution in [2.24, 2.45) is 4.99 Å². The number of carboxylic acids is 1. The molecule has 0 fully saturated rings. The Morgan fingerprint density at radius 1 is 1.58 bits per heavy atom. The summed E-state index contributed by atoms with van der Waals surface area (Å²) in [5, 5.41) is 8.24. The van der Waals surface area contributed by atoms with Gasteiger partial charge in [0.1, 0.15) is 0 Å². The molecule has 0 rings (SSSR count). The molecule has 0 saturated carbocycles. The van der Waals surface area contributed by atoms with E-state index < -0.39 is 5.97 Å². The molecule has 0 spiro atoms. The summed E-state index contributed by atoms with van der Waals surface area (Å²) in [4.78, 5) is 13.8. The molecule has 0 bridgehead atoms. The predicted molar refractivity (Wildman–Crippen MR) is 52.4 cm³/mol. The van der Waals surface area contributed by atoms with Gasteiger partial charge in [0.2, 0.25) is 0 Å². The number of aliphatic carboxylic acids is 1. The predicted octanol–water partition coefficient (Wildman–Crippen LogP) is 0.530. The summed E-state index contributed by atoms with van der Waals surface area (Å²) in [5.41, 5.74) is 0. The molecule has 0 amide bonds. The van der Waals surface area contributed by atoms with Crippen molar-refractivity contribution in [2.45, 2.75) is 0 Å². The van der Waals surface area contributed by atoms with E-state index in [0.717, 1.165) is 5.75 Å². The Hall–Kier alpha value is -0.295. The van der Waals surface area contributed by atoms with E-state index in [2.05, 4.69) is 4.99 Å². The molecule has 12 heavy (non-hydrogen) atoms. The quantitative estimate of drug-likeness (QED) is 0.284. The van der Waals surface area contributed by atoms with Crippen molar-refractivity contribution < 1.29 is 14.6 Å². The van der Waals surface area contributed by atoms with Gasteiger partial charge in [-0.3, -0.25) is 0 Å². The summed E-state index contributed by atoms with van der Waals surface area (Å²) in [6, 6.07) is 0. The summed E-state index contributed by atoms with van der Waals surface area (Å²) in [5.74, 6) is 0.00792. The van der Waals surface area contributed by atoms with Crippen LogP contribution in [-0.2, 0) is 9.50 Å². The number of carbonyl (C=O) groups is 1. The monoisotopic (exact) mass is 205 g/mol. The fraction of sp³-hybridized carbons (Fsp3) is 0.600. The summed E-state index contributed by atoms with van der Waals surface area (Å²) in [6.07, 6.45) is 1.20. The van der Waals surface area contributed by atoms with E-state index in [-0.39, 0.29) is 5.75 Å². The minimum absolute atomic E-state index is 0.0993. The molecule has 0 aliphatic carbocycles. The Balaban J connectivity index is 3.05. The third-order valence-electron chi connectivity index (χ3n) is 0.736. The molecule has 0 unspecified atom stereocenters. The van der Waals surface area contributed by atoms with Crippen molar-refractivity contribution in [1.82, 2.24) is 0 Å². The molecule has 0 radical (unpaired) electrons. The zero-order valence-corrected chi connectivity index (χ0v) is 7.94. The summed E-state index contributed by atoms with van der Waals surface area (Å²) in [6.45, 7) is 0.552. The third-order valence-corrected chi connectivity index (χ3v) is 2.97. The van der Waals surface area contributed by atoms with E-state index in [9.17, 15) is 9.50 Å². The molecule has 0 aromatic heterocycles. The maximum absolute atomic E-state index is 10.0. The first-order chi connectivity index (χ1) is 5.77. The zero-order valence-electron chi connectivity index (χ0n) is 6.30. The van der Waals surface area contributed by atoms with Crippen LogP contribution >= 0.6 is 21.6 Å². The minimum atomic E-state index is -0.816. The van der Waals surface area contributed by atoms with Crippen molar-refractivity contribution in [3.05, 3.63) is 0 Å². The van der Waals surface area contributed by atoms with E-state index in [1.54, 1.807) is 0 Å². The van der Waals surface area contributed by atoms with Crippen molar-refractivity contribution in [1.29, 1.82) is 0 Å². The summed E-state index contributed by atoms with van der Waals surface area (Å²) < 4.78 is 9.74. The molecule has 66 valence electrons. The van der Waals surface area contributed by atoms with Crippen LogP contribution in [0.1, 0.15) is 0 Å². The van der Waals surface area contributed by atoms with E-state index in [1.807, 2.05) is 0 Å². The van der Waals surface area contributed by atoms with Gasteiger partial charge in [0.15, 0.2) is 0 Å². The number of nitrogens with zero attached hydrogens (tertiary/aromatic N) is 1. The Morgan fingerprint density at radius 2 is 2.33 bits per heavy atom. The molecular formula is C5H8BNO3S2. The molecule has 0 aromatic rings. The Bertz CT molecular complexity index is 176. The second-order valence-corrected chi connectivity index (χ2v) is 4.25. The summed E-state index contributed by atoms with van der Waals surface area (Å²) >= 11 is 0. The number of carboxylic acid groups (broad SMARTS) is 1. The van der Waals surface area contributed by atoms with Crippen LogP contribution in [0.2, 0.25) is 0 Å². The van der Waals surface area contributed by atoms with Crippen LogP contribution in [0.4, 0.5) is 0 Å². The number of hydrogen-bond acceptors (Lipinski definition) is 5. The van der Waals surface area contributed by atoms with Gasteiger partial charge in [-0.05, 0) is 0 Å². The normalized spacial score (nSPS) is 10.0. The first kappa shape index (κ1) is 11.7. The Morgan fingerprint density at radius 3 is 2.92 bits per heavy atom. The molecular weight excluding hydrogens is 197 g/mol. The Labute approximate surface area is 78.9 Å². The van der Waals surface area contributed by atoms with Crippen LogP contribution in [0.3, 0.4) is 0 Å². The standard InChI is InChI=1S/C5H8BNO3S2/c8-5(9)3-12-11-2-1-7-4-6-10/h4H,1-3H2,(H,8,9)/b7-4-. The van der Waals surface area contributed by atoms with Gasteiger partial charge in [0, 0.05) is 0 Å². The maximum atomic E-state index is 10.0. The summed E-state index contributed by atoms with van der Waals surface area (Å²) in [7, 11) is 3.33. The third kappa shape index (κ3) is 9.70. The van der Waals surface area contributed by atoms with Crippen LogP contribution < -0.4 is 0 Å². The van der Waals surface area contributed by atoms with Crippen LogP contribution in [0.15, 0.2) is 4.99 Å². The van der Waals surface area contributed by atoms with Gasteiger partial charge >= 0.3 is 78.5 Å². The average Bonchev–Trinajstić information content (AvgIpc) is 2.02. The molecule has 7 heteroatoms. The van der Waals surface area contributed by atoms with Crippen molar-refractivity contribution >= 4 is 40.8 Å². The first-order valence-electron chi connectivity index (χ1n) is 3.17. The van der Waals surface area contributed by atoms with Gasteiger partial charge in [-0.15, -0.1) is 0 Å². The van der Waals surface area contributed by atoms with Gasteiger partial charge in [-0.2, -0.15) is 0 Å². The van der Waals surface area contributed by atoms with Crippen LogP contribution in [0.25, 0.3) is 0 Å². The SMILES string of the molecule is O=B/C=N\CCSSCC(=O)O. The van der Waals surface area contributed by atoms with Crippen LogP contribution in [0.5, 0.6) is 0 Å². The van der Waals surface area contributed by atoms with Gasteiger partial charge in [0.05, 0.1) is 0 Å². The Kier molecular flexibility index (Phi) is 8.58. The van der Waals surface area contributed by atoms with Gasteiger partial charge in [-0.1, -0.05) is 0 Å². The molecule has 4 nitrogen and oxygen atoms in total. The van der Waals surface area contributed by atoms with E-state index in [0.29, 0.717) is 13.7 Å². The second kappa shape index (κ2) is 8.80. The second-order valence-electron chi connectivity index (χ2n) is 1.67. The van der Waals surface area contributed by atoms with E-state index in [1.165, 1.54) is 27.7 Å². The molecule has 0 saturated heterocycles. The molecule has 0 atom stereocenters. The fourth-order valence-corrected chi connectivity index (χ4v) is 1.97. The number of hydrogen-bond donors (Lipinski definition) is 1. The van der Waals surface area contributed by atoms with Crippen molar-refractivity contribution in [3.63, 3.8) is 0 Å². The molecule has 0 heterocycles. The fourth-order valence-electron chi connectivity index (χ4n) is 0.359. The van der Waals surface area contributed by atoms with Gasteiger partial charge in [0.25, 0.3) is 0 Å². The number of aliphatic imine (C=N–C) groups is 1. The zero-order chi connectivity index (χ0) is 9.23. The van der Waals surface area contributed by atoms with Crippen LogP contribution in [0, 0.1) is 0 Å². The van der Waals surface area contributed by atoms with E-state index >= 15 is 0 Å². The molecule has 0 aromatic carbocycles. The van der Waals surface area contributed by atoms with Gasteiger partial charge in [-0.25, -0.2) is 0 Å². The van der Waals surface area contributed by atoms with Gasteiger partial charge < -0.3 is 0 Å². The topological polar surface area (TPSA) is 66.7 Å². The number of rotatable bonds is 7. The van der Waals surface area contributed by atoms with E-state index in [4.69, 9.17) is 5.11 Å². The molecule has 0 aliphatic rings. The van der Waals surface area contributed by atoms with Crippen molar-refractivity contribution in [2.75, 3.05) is 18.1 Å². The first-order valence-corrected chi connectivity index (χ1v) is 5.66.